The Morgan fingerprint density at radius 3 is 2.18 bits per heavy atom. The van der Waals surface area contributed by atoms with Crippen molar-refractivity contribution >= 4 is 35.4 Å². The number of hydrogen-bond donors (Lipinski definition) is 0. The Balaban J connectivity index is 1.79. The first-order chi connectivity index (χ1) is 16.0. The largest absolute Gasteiger partial charge is 0.493 e. The third-order valence-corrected chi connectivity index (χ3v) is 6.49. The van der Waals surface area contributed by atoms with Crippen molar-refractivity contribution < 1.29 is 9.53 Å². The second-order valence-electron chi connectivity index (χ2n) is 8.28. The number of amidine groups is 1. The molecule has 6 heteroatoms. The maximum absolute atomic E-state index is 12.5. The van der Waals surface area contributed by atoms with Gasteiger partial charge in [0.2, 0.25) is 6.41 Å². The number of rotatable bonds is 8. The molecular weight excluding hydrogens is 455 g/mol. The number of ether oxygens (including phenoxy) is 1. The molecule has 0 spiro atoms. The van der Waals surface area contributed by atoms with Crippen molar-refractivity contribution in [2.24, 2.45) is 10.9 Å². The van der Waals surface area contributed by atoms with Gasteiger partial charge in [0.05, 0.1) is 18.2 Å². The lowest BCUT2D eigenvalue weighted by Crippen LogP contribution is -2.31. The van der Waals surface area contributed by atoms with E-state index in [0.29, 0.717) is 28.4 Å². The second kappa shape index (κ2) is 10.4. The third kappa shape index (κ3) is 5.07. The summed E-state index contributed by atoms with van der Waals surface area (Å²) in [5.74, 6) is 1.73. The molecule has 4 nitrogen and oxygen atoms in total. The third-order valence-electron chi connectivity index (χ3n) is 5.99. The number of halogens is 2. The zero-order valence-corrected chi connectivity index (χ0v) is 20.1. The van der Waals surface area contributed by atoms with Crippen molar-refractivity contribution in [3.8, 4) is 5.75 Å². The van der Waals surface area contributed by atoms with Crippen LogP contribution in [0.1, 0.15) is 49.0 Å². The van der Waals surface area contributed by atoms with Gasteiger partial charge in [-0.15, -0.1) is 0 Å². The van der Waals surface area contributed by atoms with Crippen LogP contribution in [-0.4, -0.2) is 23.8 Å². The summed E-state index contributed by atoms with van der Waals surface area (Å²) in [5, 5.41) is 1.29. The van der Waals surface area contributed by atoms with Crippen molar-refractivity contribution in [1.29, 1.82) is 0 Å². The van der Waals surface area contributed by atoms with Gasteiger partial charge in [-0.3, -0.25) is 14.7 Å². The molecule has 3 unspecified atom stereocenters. The molecule has 1 aliphatic rings. The van der Waals surface area contributed by atoms with E-state index in [2.05, 4.69) is 13.8 Å². The maximum Gasteiger partial charge on any atom is 0.215 e. The number of carbonyl (C=O) groups is 1. The minimum Gasteiger partial charge on any atom is -0.493 e. The van der Waals surface area contributed by atoms with E-state index in [9.17, 15) is 4.79 Å². The number of hydrogen-bond acceptors (Lipinski definition) is 3. The quantitative estimate of drug-likeness (QED) is 0.322. The molecule has 0 aliphatic carbocycles. The highest BCUT2D eigenvalue weighted by molar-refractivity contribution is 6.30. The highest BCUT2D eigenvalue weighted by Gasteiger charge is 2.39. The Morgan fingerprint density at radius 1 is 0.970 bits per heavy atom. The molecule has 1 heterocycles. The van der Waals surface area contributed by atoms with Gasteiger partial charge in [-0.05, 0) is 53.4 Å². The molecule has 0 aromatic heterocycles. The first kappa shape index (κ1) is 23.3. The summed E-state index contributed by atoms with van der Waals surface area (Å²) in [4.78, 5) is 19.2. The van der Waals surface area contributed by atoms with E-state index in [1.165, 1.54) is 0 Å². The highest BCUT2D eigenvalue weighted by Crippen LogP contribution is 2.44. The van der Waals surface area contributed by atoms with E-state index in [1.54, 1.807) is 4.90 Å². The van der Waals surface area contributed by atoms with Gasteiger partial charge in [0.25, 0.3) is 0 Å². The standard InChI is InChI=1S/C27H26Cl2N2O2/c1-3-18(2)16-33-24-7-5-4-6-23(24)27-30-25(19-8-12-21(28)13-9-19)26(31(27)17-32)20-10-14-22(29)15-11-20/h4-15,17-18,25-26H,3,16H2,1-2H3. The van der Waals surface area contributed by atoms with Gasteiger partial charge in [0, 0.05) is 10.0 Å². The second-order valence-corrected chi connectivity index (χ2v) is 9.15. The van der Waals surface area contributed by atoms with Gasteiger partial charge in [-0.2, -0.15) is 0 Å². The van der Waals surface area contributed by atoms with Crippen molar-refractivity contribution in [1.82, 2.24) is 4.90 Å². The topological polar surface area (TPSA) is 41.9 Å². The van der Waals surface area contributed by atoms with Crippen LogP contribution in [-0.2, 0) is 4.79 Å². The van der Waals surface area contributed by atoms with Crippen LogP contribution >= 0.6 is 23.2 Å². The van der Waals surface area contributed by atoms with Crippen molar-refractivity contribution in [2.45, 2.75) is 32.4 Å². The monoisotopic (exact) mass is 480 g/mol. The van der Waals surface area contributed by atoms with Crippen LogP contribution in [0.15, 0.2) is 77.8 Å². The SMILES string of the molecule is CCC(C)COc1ccccc1C1=NC(c2ccc(Cl)cc2)C(c2ccc(Cl)cc2)N1C=O. The first-order valence-electron chi connectivity index (χ1n) is 11.1. The average Bonchev–Trinajstić information content (AvgIpc) is 3.23. The summed E-state index contributed by atoms with van der Waals surface area (Å²) >= 11 is 12.3. The summed E-state index contributed by atoms with van der Waals surface area (Å²) in [6, 6.07) is 22.3. The Kier molecular flexibility index (Phi) is 7.36. The zero-order chi connectivity index (χ0) is 23.4. The number of carbonyl (C=O) groups excluding carboxylic acids is 1. The fraction of sp³-hybridized carbons (Fsp3) is 0.259. The van der Waals surface area contributed by atoms with E-state index in [0.717, 1.165) is 35.3 Å². The van der Waals surface area contributed by atoms with Crippen LogP contribution in [0.5, 0.6) is 5.75 Å². The zero-order valence-electron chi connectivity index (χ0n) is 18.6. The molecule has 0 radical (unpaired) electrons. The summed E-state index contributed by atoms with van der Waals surface area (Å²) in [6.45, 7) is 4.90. The molecule has 0 N–H and O–H groups in total. The molecule has 1 amide bonds. The molecule has 170 valence electrons. The van der Waals surface area contributed by atoms with Crippen LogP contribution in [0.2, 0.25) is 10.0 Å². The van der Waals surface area contributed by atoms with Crippen molar-refractivity contribution in [3.63, 3.8) is 0 Å². The van der Waals surface area contributed by atoms with Crippen LogP contribution in [0, 0.1) is 5.92 Å². The Labute approximate surface area is 204 Å². The van der Waals surface area contributed by atoms with Gasteiger partial charge in [0.1, 0.15) is 17.6 Å². The van der Waals surface area contributed by atoms with E-state index in [-0.39, 0.29) is 12.1 Å². The minimum absolute atomic E-state index is 0.300. The molecule has 0 bridgehead atoms. The fourth-order valence-corrected chi connectivity index (χ4v) is 4.18. The van der Waals surface area contributed by atoms with Crippen LogP contribution in [0.25, 0.3) is 0 Å². The van der Waals surface area contributed by atoms with Gasteiger partial charge in [-0.25, -0.2) is 0 Å². The Hall–Kier alpha value is -2.82. The Morgan fingerprint density at radius 2 is 1.58 bits per heavy atom. The predicted octanol–water partition coefficient (Wildman–Crippen LogP) is 7.12. The summed E-state index contributed by atoms with van der Waals surface area (Å²) in [6.07, 6.45) is 1.88. The lowest BCUT2D eigenvalue weighted by Gasteiger charge is -2.26. The lowest BCUT2D eigenvalue weighted by atomic mass is 9.94. The summed E-state index contributed by atoms with van der Waals surface area (Å²) in [5.41, 5.74) is 2.71. The minimum atomic E-state index is -0.321. The molecule has 1 aliphatic heterocycles. The van der Waals surface area contributed by atoms with Gasteiger partial charge in [0.15, 0.2) is 0 Å². The molecule has 0 saturated carbocycles. The molecular formula is C27H26Cl2N2O2. The van der Waals surface area contributed by atoms with Gasteiger partial charge < -0.3 is 4.74 Å². The molecule has 33 heavy (non-hydrogen) atoms. The van der Waals surface area contributed by atoms with Crippen LogP contribution < -0.4 is 4.74 Å². The molecule has 3 aromatic carbocycles. The molecule has 3 atom stereocenters. The number of amides is 1. The van der Waals surface area contributed by atoms with E-state index in [1.807, 2.05) is 72.8 Å². The average molecular weight is 481 g/mol. The summed E-state index contributed by atoms with van der Waals surface area (Å²) < 4.78 is 6.15. The van der Waals surface area contributed by atoms with Crippen molar-refractivity contribution in [3.05, 3.63) is 99.5 Å². The predicted molar refractivity (Wildman–Crippen MR) is 134 cm³/mol. The lowest BCUT2D eigenvalue weighted by molar-refractivity contribution is -0.116. The molecule has 0 fully saturated rings. The number of para-hydroxylation sites is 1. The maximum atomic E-state index is 12.5. The highest BCUT2D eigenvalue weighted by atomic mass is 35.5. The van der Waals surface area contributed by atoms with Crippen molar-refractivity contribution in [2.75, 3.05) is 6.61 Å². The van der Waals surface area contributed by atoms with E-state index >= 15 is 0 Å². The van der Waals surface area contributed by atoms with E-state index < -0.39 is 0 Å². The molecule has 3 aromatic rings. The van der Waals surface area contributed by atoms with E-state index in [4.69, 9.17) is 32.9 Å². The normalized spacial score (nSPS) is 18.7. The fourth-order valence-electron chi connectivity index (χ4n) is 3.92. The van der Waals surface area contributed by atoms with Gasteiger partial charge in [-0.1, -0.05) is 79.9 Å². The number of benzene rings is 3. The molecule has 0 saturated heterocycles. The summed E-state index contributed by atoms with van der Waals surface area (Å²) in [7, 11) is 0. The number of aliphatic imine (C=N–C) groups is 1. The first-order valence-corrected chi connectivity index (χ1v) is 11.8. The van der Waals surface area contributed by atoms with Gasteiger partial charge >= 0.3 is 0 Å². The Bertz CT molecular complexity index is 1130. The van der Waals surface area contributed by atoms with Crippen LogP contribution in [0.3, 0.4) is 0 Å². The molecule has 4 rings (SSSR count). The smallest absolute Gasteiger partial charge is 0.215 e. The number of nitrogens with zero attached hydrogens (tertiary/aromatic N) is 2. The van der Waals surface area contributed by atoms with Crippen LogP contribution in [0.4, 0.5) is 0 Å².